The second kappa shape index (κ2) is 52.9. The Morgan fingerprint density at radius 3 is 1.34 bits per heavy atom. The first-order valence-electron chi connectivity index (χ1n) is 31.3. The Bertz CT molecular complexity index is 1320. The highest BCUT2D eigenvalue weighted by Gasteiger charge is 2.44. The van der Waals surface area contributed by atoms with Gasteiger partial charge in [-0.25, -0.2) is 0 Å². The van der Waals surface area contributed by atoms with Gasteiger partial charge in [0.05, 0.1) is 32.0 Å². The summed E-state index contributed by atoms with van der Waals surface area (Å²) >= 11 is 0. The first-order valence-corrected chi connectivity index (χ1v) is 31.3. The van der Waals surface area contributed by atoms with Gasteiger partial charge in [-0.2, -0.15) is 0 Å². The standard InChI is InChI=1S/C63H117NO10/c1-3-5-7-9-11-13-14-15-16-17-22-25-28-31-35-39-43-47-51-59(68)72-52-48-44-40-36-32-29-26-23-20-18-19-21-24-27-30-34-38-42-46-50-58(67)64-55(56(66)49-45-41-37-33-12-10-8-6-4-2)54-73-63-62(71)61(70)60(69)57(53-65)74-63/h23,26,29,32,45,49,55-57,60-63,65-66,69-71H,3-22,24-25,27-28,30-31,33-44,46-48,50-54H2,1-2H3,(H,64,67)/b26-23-,32-29-,49-45+. The molecular formula is C63H117NO10. The van der Waals surface area contributed by atoms with Gasteiger partial charge in [-0.3, -0.25) is 9.59 Å². The number of nitrogens with one attached hydrogen (secondary N) is 1. The molecule has 0 spiro atoms. The summed E-state index contributed by atoms with van der Waals surface area (Å²) in [5.41, 5.74) is 0. The van der Waals surface area contributed by atoms with Gasteiger partial charge in [-0.05, 0) is 64.2 Å². The number of esters is 1. The molecule has 6 N–H and O–H groups in total. The van der Waals surface area contributed by atoms with E-state index in [1.165, 1.54) is 173 Å². The molecule has 7 unspecified atom stereocenters. The zero-order valence-electron chi connectivity index (χ0n) is 47.8. The topological polar surface area (TPSA) is 175 Å². The number of aliphatic hydroxyl groups is 5. The average molecular weight is 1050 g/mol. The Balaban J connectivity index is 2.02. The fraction of sp³-hybridized carbons (Fsp3) is 0.873. The minimum Gasteiger partial charge on any atom is -0.466 e. The number of carbonyl (C=O) groups is 2. The van der Waals surface area contributed by atoms with E-state index in [4.69, 9.17) is 14.2 Å². The maximum atomic E-state index is 13.0. The van der Waals surface area contributed by atoms with Crippen molar-refractivity contribution in [3.8, 4) is 0 Å². The molecule has 0 saturated carbocycles. The largest absolute Gasteiger partial charge is 0.466 e. The van der Waals surface area contributed by atoms with Gasteiger partial charge in [0.2, 0.25) is 5.91 Å². The molecule has 1 rings (SSSR count). The van der Waals surface area contributed by atoms with E-state index in [0.29, 0.717) is 19.4 Å². The molecule has 0 radical (unpaired) electrons. The molecule has 0 aromatic carbocycles. The molecular weight excluding hydrogens is 931 g/mol. The molecule has 1 saturated heterocycles. The fourth-order valence-electron chi connectivity index (χ4n) is 9.78. The summed E-state index contributed by atoms with van der Waals surface area (Å²) in [4.78, 5) is 25.1. The van der Waals surface area contributed by atoms with Gasteiger partial charge in [0.25, 0.3) is 0 Å². The van der Waals surface area contributed by atoms with Crippen LogP contribution < -0.4 is 5.32 Å². The normalized spacial score (nSPS) is 19.0. The van der Waals surface area contributed by atoms with Gasteiger partial charge in [0.15, 0.2) is 6.29 Å². The molecule has 434 valence electrons. The van der Waals surface area contributed by atoms with Crippen LogP contribution in [-0.2, 0) is 23.8 Å². The summed E-state index contributed by atoms with van der Waals surface area (Å²) in [6.45, 7) is 4.28. The van der Waals surface area contributed by atoms with Crippen molar-refractivity contribution in [3.05, 3.63) is 36.5 Å². The number of allylic oxidation sites excluding steroid dienone is 5. The van der Waals surface area contributed by atoms with E-state index in [0.717, 1.165) is 89.9 Å². The van der Waals surface area contributed by atoms with Gasteiger partial charge < -0.3 is 45.1 Å². The Labute approximate surface area is 453 Å². The van der Waals surface area contributed by atoms with Gasteiger partial charge in [0, 0.05) is 12.8 Å². The second-order valence-corrected chi connectivity index (χ2v) is 21.8. The molecule has 11 nitrogen and oxygen atoms in total. The number of amides is 1. The Morgan fingerprint density at radius 2 is 0.892 bits per heavy atom. The molecule has 0 aliphatic carbocycles. The van der Waals surface area contributed by atoms with Gasteiger partial charge in [0.1, 0.15) is 24.4 Å². The third kappa shape index (κ3) is 42.0. The lowest BCUT2D eigenvalue weighted by molar-refractivity contribution is -0.302. The number of ether oxygens (including phenoxy) is 3. The third-order valence-electron chi connectivity index (χ3n) is 14.8. The maximum absolute atomic E-state index is 13.0. The van der Waals surface area contributed by atoms with E-state index in [-0.39, 0.29) is 18.5 Å². The number of unbranched alkanes of at least 4 members (excludes halogenated alkanes) is 37. The highest BCUT2D eigenvalue weighted by molar-refractivity contribution is 5.76. The first kappa shape index (κ1) is 69.9. The van der Waals surface area contributed by atoms with Crippen molar-refractivity contribution in [1.29, 1.82) is 0 Å². The van der Waals surface area contributed by atoms with Crippen molar-refractivity contribution in [2.75, 3.05) is 19.8 Å². The lowest BCUT2D eigenvalue weighted by atomic mass is 9.99. The van der Waals surface area contributed by atoms with Crippen LogP contribution in [-0.4, -0.2) is 100 Å². The maximum Gasteiger partial charge on any atom is 0.305 e. The molecule has 1 aliphatic rings. The van der Waals surface area contributed by atoms with Crippen molar-refractivity contribution in [1.82, 2.24) is 5.32 Å². The van der Waals surface area contributed by atoms with E-state index in [9.17, 15) is 35.1 Å². The minimum atomic E-state index is -1.57. The second-order valence-electron chi connectivity index (χ2n) is 21.8. The summed E-state index contributed by atoms with van der Waals surface area (Å²) in [5.74, 6) is -0.218. The average Bonchev–Trinajstić information content (AvgIpc) is 3.40. The van der Waals surface area contributed by atoms with Crippen LogP contribution in [0.25, 0.3) is 0 Å². The molecule has 7 atom stereocenters. The van der Waals surface area contributed by atoms with Crippen LogP contribution >= 0.6 is 0 Å². The van der Waals surface area contributed by atoms with Crippen molar-refractivity contribution in [2.45, 2.75) is 333 Å². The fourth-order valence-corrected chi connectivity index (χ4v) is 9.78. The highest BCUT2D eigenvalue weighted by Crippen LogP contribution is 2.23. The Hall–Kier alpha value is -2.12. The molecule has 0 aromatic rings. The number of rotatable bonds is 54. The van der Waals surface area contributed by atoms with Crippen LogP contribution in [0, 0.1) is 0 Å². The summed E-state index contributed by atoms with van der Waals surface area (Å²) in [5, 5.41) is 54.2. The van der Waals surface area contributed by atoms with Crippen LogP contribution in [0.2, 0.25) is 0 Å². The van der Waals surface area contributed by atoms with Crippen molar-refractivity contribution >= 4 is 11.9 Å². The number of carbonyl (C=O) groups excluding carboxylic acids is 2. The number of hydrogen-bond donors (Lipinski definition) is 6. The van der Waals surface area contributed by atoms with Crippen LogP contribution in [0.5, 0.6) is 0 Å². The van der Waals surface area contributed by atoms with Crippen LogP contribution in [0.4, 0.5) is 0 Å². The minimum absolute atomic E-state index is 0.0240. The molecule has 1 heterocycles. The first-order chi connectivity index (χ1) is 36.2. The summed E-state index contributed by atoms with van der Waals surface area (Å²) < 4.78 is 16.7. The van der Waals surface area contributed by atoms with E-state index in [2.05, 4.69) is 43.5 Å². The molecule has 1 amide bonds. The monoisotopic (exact) mass is 1050 g/mol. The lowest BCUT2D eigenvalue weighted by Gasteiger charge is -2.40. The number of hydrogen-bond acceptors (Lipinski definition) is 10. The zero-order valence-corrected chi connectivity index (χ0v) is 47.8. The molecule has 11 heteroatoms. The molecule has 74 heavy (non-hydrogen) atoms. The smallest absolute Gasteiger partial charge is 0.305 e. The van der Waals surface area contributed by atoms with Gasteiger partial charge >= 0.3 is 5.97 Å². The zero-order chi connectivity index (χ0) is 53.8. The van der Waals surface area contributed by atoms with Gasteiger partial charge in [-0.1, -0.05) is 249 Å². The van der Waals surface area contributed by atoms with E-state index >= 15 is 0 Å². The molecule has 0 aromatic heterocycles. The van der Waals surface area contributed by atoms with Gasteiger partial charge in [-0.15, -0.1) is 0 Å². The highest BCUT2D eigenvalue weighted by atomic mass is 16.7. The summed E-state index contributed by atoms with van der Waals surface area (Å²) in [6, 6.07) is -0.816. The molecule has 1 aliphatic heterocycles. The van der Waals surface area contributed by atoms with Crippen LogP contribution in [0.1, 0.15) is 290 Å². The van der Waals surface area contributed by atoms with E-state index in [1.54, 1.807) is 6.08 Å². The molecule has 0 bridgehead atoms. The Kier molecular flexibility index (Phi) is 50.0. The van der Waals surface area contributed by atoms with Crippen molar-refractivity contribution in [3.63, 3.8) is 0 Å². The van der Waals surface area contributed by atoms with Crippen molar-refractivity contribution < 1.29 is 49.3 Å². The van der Waals surface area contributed by atoms with Crippen LogP contribution in [0.15, 0.2) is 36.5 Å². The lowest BCUT2D eigenvalue weighted by Crippen LogP contribution is -2.60. The Morgan fingerprint density at radius 1 is 0.500 bits per heavy atom. The SMILES string of the molecule is CCCCCCCCC/C=C/C(O)C(COC1OC(CO)C(O)C(O)C1O)NC(=O)CCCCCCCCCCCC/C=C\C=C/CCCCCOC(=O)CCCCCCCCCCCCCCCCCCCC. The van der Waals surface area contributed by atoms with Crippen LogP contribution in [0.3, 0.4) is 0 Å². The predicted molar refractivity (Wildman–Crippen MR) is 306 cm³/mol. The quantitative estimate of drug-likeness (QED) is 0.0149. The summed E-state index contributed by atoms with van der Waals surface area (Å²) in [7, 11) is 0. The van der Waals surface area contributed by atoms with E-state index in [1.807, 2.05) is 6.08 Å². The predicted octanol–water partition coefficient (Wildman–Crippen LogP) is 14.7. The van der Waals surface area contributed by atoms with E-state index < -0.39 is 49.5 Å². The molecule has 1 fully saturated rings. The summed E-state index contributed by atoms with van der Waals surface area (Å²) in [6.07, 6.45) is 55.5. The van der Waals surface area contributed by atoms with Crippen molar-refractivity contribution in [2.24, 2.45) is 0 Å². The third-order valence-corrected chi connectivity index (χ3v) is 14.8. The number of aliphatic hydroxyl groups excluding tert-OH is 5.